The topological polar surface area (TPSA) is 410 Å². The quantitative estimate of drug-likeness (QED) is 0.0451. The summed E-state index contributed by atoms with van der Waals surface area (Å²) in [4.78, 5) is 107. The molecule has 4 saturated heterocycles. The number of ether oxygens (including phenoxy) is 1. The average Bonchev–Trinajstić information content (AvgIpc) is 2.19. The molecule has 502 valence electrons. The summed E-state index contributed by atoms with van der Waals surface area (Å²) in [5.41, 5.74) is 7.16. The highest BCUT2D eigenvalue weighted by atomic mass is 16.5. The monoisotopic (exact) mass is 1270 g/mol. The molecule has 0 radical (unpaired) electrons. The lowest BCUT2D eigenvalue weighted by molar-refractivity contribution is -0.149. The van der Waals surface area contributed by atoms with Crippen molar-refractivity contribution in [2.45, 2.75) is 183 Å². The molecule has 91 heavy (non-hydrogen) atoms. The Bertz CT molecular complexity index is 2850. The number of phenolic OH excluding ortho intramolecular Hbond substituents is 1. The molecule has 4 aliphatic heterocycles. The van der Waals surface area contributed by atoms with Crippen molar-refractivity contribution in [2.24, 2.45) is 5.73 Å². The molecule has 3 aromatic rings. The van der Waals surface area contributed by atoms with Crippen LogP contribution in [0.25, 0.3) is 11.1 Å². The summed E-state index contributed by atoms with van der Waals surface area (Å²) in [5.74, 6) is -7.98. The number of rotatable bonds is 24. The Morgan fingerprint density at radius 1 is 0.637 bits per heavy atom. The Labute approximate surface area is 530 Å². The number of unbranched alkanes of at least 4 members (excludes halogenated alkanes) is 8. The minimum atomic E-state index is -2.31. The van der Waals surface area contributed by atoms with Crippen LogP contribution in [0.3, 0.4) is 0 Å². The van der Waals surface area contributed by atoms with Gasteiger partial charge in [0.25, 0.3) is 5.91 Å². The lowest BCUT2D eigenvalue weighted by Gasteiger charge is -2.34. The fourth-order valence-corrected chi connectivity index (χ4v) is 12.1. The number of aliphatic hydroxyl groups is 8. The first kappa shape index (κ1) is 71.5. The number of carbonyl (C=O) groups is 7. The third-order valence-corrected chi connectivity index (χ3v) is 17.5. The van der Waals surface area contributed by atoms with Crippen LogP contribution >= 0.6 is 0 Å². The van der Waals surface area contributed by atoms with Crippen LogP contribution in [0.1, 0.15) is 119 Å². The number of carbonyl (C=O) groups excluding carboxylic acids is 7. The zero-order chi connectivity index (χ0) is 65.9. The molecule has 14 unspecified atom stereocenters. The summed E-state index contributed by atoms with van der Waals surface area (Å²) in [7, 11) is 0. The van der Waals surface area contributed by atoms with E-state index in [0.717, 1.165) is 73.7 Å². The van der Waals surface area contributed by atoms with Crippen LogP contribution in [-0.4, -0.2) is 252 Å². The fraction of sp³-hybridized carbons (Fsp3) is 0.609. The molecule has 16 N–H and O–H groups in total. The molecule has 4 heterocycles. The normalized spacial score (nSPS) is 26.7. The van der Waals surface area contributed by atoms with Gasteiger partial charge in [-0.25, -0.2) is 0 Å². The third kappa shape index (κ3) is 19.8. The molecular formula is C64H94N10O17. The van der Waals surface area contributed by atoms with Gasteiger partial charge < -0.3 is 97.7 Å². The Morgan fingerprint density at radius 2 is 1.21 bits per heavy atom. The summed E-state index contributed by atoms with van der Waals surface area (Å²) in [6, 6.07) is 6.61. The number of aromatic hydroxyl groups is 1. The predicted molar refractivity (Wildman–Crippen MR) is 332 cm³/mol. The predicted octanol–water partition coefficient (Wildman–Crippen LogP) is -1.55. The molecule has 0 aromatic heterocycles. The van der Waals surface area contributed by atoms with Gasteiger partial charge in [0.15, 0.2) is 6.23 Å². The van der Waals surface area contributed by atoms with E-state index in [4.69, 9.17) is 10.5 Å². The average molecular weight is 1280 g/mol. The number of hydrogen-bond donors (Lipinski definition) is 15. The van der Waals surface area contributed by atoms with Crippen molar-refractivity contribution in [3.8, 4) is 22.6 Å². The third-order valence-electron chi connectivity index (χ3n) is 17.5. The molecule has 0 bridgehead atoms. The highest BCUT2D eigenvalue weighted by Crippen LogP contribution is 2.28. The lowest BCUT2D eigenvalue weighted by atomic mass is 9.96. The van der Waals surface area contributed by atoms with Crippen LogP contribution in [0.15, 0.2) is 72.8 Å². The van der Waals surface area contributed by atoms with Crippen LogP contribution < -0.4 is 37.1 Å². The molecule has 4 aliphatic rings. The largest absolute Gasteiger partial charge is 0.508 e. The number of amides is 7. The van der Waals surface area contributed by atoms with E-state index in [0.29, 0.717) is 17.9 Å². The summed E-state index contributed by atoms with van der Waals surface area (Å²) in [6.45, 7) is 8.65. The Hall–Kier alpha value is -6.89. The zero-order valence-corrected chi connectivity index (χ0v) is 51.9. The molecular weight excluding hydrogens is 1180 g/mol. The summed E-state index contributed by atoms with van der Waals surface area (Å²) in [6.07, 6.45) is -5.66. The first-order valence-corrected chi connectivity index (χ1v) is 31.9. The molecule has 14 atom stereocenters. The van der Waals surface area contributed by atoms with Crippen molar-refractivity contribution in [3.63, 3.8) is 0 Å². The number of phenols is 1. The Kier molecular flexibility index (Phi) is 27.3. The molecule has 4 fully saturated rings. The number of hydrogen-bond acceptors (Lipinski definition) is 20. The molecule has 27 nitrogen and oxygen atoms in total. The zero-order valence-electron chi connectivity index (χ0n) is 51.9. The van der Waals surface area contributed by atoms with Gasteiger partial charge in [-0.1, -0.05) is 94.7 Å². The molecule has 0 saturated carbocycles. The maximum absolute atomic E-state index is 14.5. The van der Waals surface area contributed by atoms with Gasteiger partial charge in [0, 0.05) is 64.2 Å². The van der Waals surface area contributed by atoms with Crippen LogP contribution in [0.5, 0.6) is 11.5 Å². The lowest BCUT2D eigenvalue weighted by Crippen LogP contribution is -2.64. The van der Waals surface area contributed by atoms with Gasteiger partial charge in [0.1, 0.15) is 72.7 Å². The van der Waals surface area contributed by atoms with Crippen LogP contribution in [0, 0.1) is 0 Å². The Morgan fingerprint density at radius 3 is 1.82 bits per heavy atom. The number of nitrogens with two attached hydrogens (primary N) is 1. The number of aliphatic hydroxyl groups excluding tert-OH is 8. The van der Waals surface area contributed by atoms with E-state index in [9.17, 15) is 79.5 Å². The van der Waals surface area contributed by atoms with Crippen molar-refractivity contribution in [1.29, 1.82) is 0 Å². The van der Waals surface area contributed by atoms with Crippen molar-refractivity contribution in [2.75, 3.05) is 65.5 Å². The van der Waals surface area contributed by atoms with Crippen LogP contribution in [-0.2, 0) is 28.8 Å². The number of piperazine rings is 1. The minimum Gasteiger partial charge on any atom is -0.508 e. The van der Waals surface area contributed by atoms with E-state index in [-0.39, 0.29) is 42.8 Å². The van der Waals surface area contributed by atoms with Crippen molar-refractivity contribution < 1.29 is 84.3 Å². The second kappa shape index (κ2) is 34.7. The van der Waals surface area contributed by atoms with E-state index in [1.54, 1.807) is 12.1 Å². The van der Waals surface area contributed by atoms with Gasteiger partial charge in [-0.05, 0) is 92.4 Å². The van der Waals surface area contributed by atoms with Gasteiger partial charge in [0.05, 0.1) is 24.4 Å². The number of fused-ring (bicyclic) bond motifs is 2. The minimum absolute atomic E-state index is 0.0106. The SMILES string of the molecule is CCCCCCCCCCCN1CCN(CCOc2ccc(-c3ccc(C(=O)NC4CC(O)C(O)NC(=O)C5C(O)CCN5C(=O)C(C(O)CCN)NC(=O)C(C(O)C(O)c5ccc(O)cc5)NC(=O)C5CC(O)CN5C(=O)C(C(C)O)NC4=O)cc3)cc2)CC1. The van der Waals surface area contributed by atoms with E-state index in [2.05, 4.69) is 43.3 Å². The molecule has 3 aromatic carbocycles. The van der Waals surface area contributed by atoms with E-state index >= 15 is 0 Å². The van der Waals surface area contributed by atoms with Gasteiger partial charge in [0.2, 0.25) is 35.4 Å². The maximum Gasteiger partial charge on any atom is 0.251 e. The highest BCUT2D eigenvalue weighted by molar-refractivity contribution is 6.00. The van der Waals surface area contributed by atoms with Gasteiger partial charge in [-0.3, -0.25) is 38.5 Å². The summed E-state index contributed by atoms with van der Waals surface area (Å²) in [5, 5.41) is 112. The van der Waals surface area contributed by atoms with Gasteiger partial charge in [-0.15, -0.1) is 0 Å². The van der Waals surface area contributed by atoms with Crippen molar-refractivity contribution in [1.82, 2.24) is 46.2 Å². The number of nitrogens with one attached hydrogen (secondary N) is 5. The van der Waals surface area contributed by atoms with Crippen molar-refractivity contribution >= 4 is 41.4 Å². The molecule has 27 heteroatoms. The van der Waals surface area contributed by atoms with Crippen LogP contribution in [0.2, 0.25) is 0 Å². The molecule has 7 rings (SSSR count). The fourth-order valence-electron chi connectivity index (χ4n) is 12.1. The number of benzene rings is 3. The van der Waals surface area contributed by atoms with E-state index in [1.165, 1.54) is 82.1 Å². The standard InChI is InChI=1S/C64H94N10O17/c1-3-4-5-6-7-8-9-10-11-27-71-29-31-72(32-30-71)33-34-91-45-22-18-40(19-23-45)39-12-14-42(15-13-39)57(83)66-46-36-50(80)60(86)70-62(88)54-49(79)25-28-73(54)64(90)52(48(78)24-26-65)68-61(87)53(56(82)55(81)41-16-20-43(76)21-17-41)69-59(85)47-35-44(77)37-74(47)63(89)51(38(2)75)67-58(46)84/h12-23,38,44,46-56,60,75-82,86H,3-11,24-37,65H2,1-2H3,(H,66,83)(H,67,84)(H,68,87)(H,69,85)(H,70,88). The van der Waals surface area contributed by atoms with Gasteiger partial charge >= 0.3 is 0 Å². The summed E-state index contributed by atoms with van der Waals surface area (Å²) < 4.78 is 6.11. The first-order valence-electron chi connectivity index (χ1n) is 31.9. The van der Waals surface area contributed by atoms with Crippen LogP contribution in [0.4, 0.5) is 0 Å². The molecule has 0 spiro atoms. The second-order valence-corrected chi connectivity index (χ2v) is 24.3. The summed E-state index contributed by atoms with van der Waals surface area (Å²) >= 11 is 0. The highest BCUT2D eigenvalue weighted by Gasteiger charge is 2.49. The smallest absolute Gasteiger partial charge is 0.251 e. The molecule has 7 amide bonds. The number of nitrogens with zero attached hydrogens (tertiary/aromatic N) is 4. The van der Waals surface area contributed by atoms with Gasteiger partial charge in [-0.2, -0.15) is 0 Å². The Balaban J connectivity index is 1.06. The first-order chi connectivity index (χ1) is 43.6. The van der Waals surface area contributed by atoms with E-state index < -0.39 is 146 Å². The van der Waals surface area contributed by atoms with E-state index in [1.807, 2.05) is 24.3 Å². The maximum atomic E-state index is 14.5. The molecule has 0 aliphatic carbocycles. The second-order valence-electron chi connectivity index (χ2n) is 24.3. The van der Waals surface area contributed by atoms with Crippen molar-refractivity contribution in [3.05, 3.63) is 83.9 Å².